The summed E-state index contributed by atoms with van der Waals surface area (Å²) in [7, 11) is 2.15. The van der Waals surface area contributed by atoms with Crippen LogP contribution in [0.5, 0.6) is 0 Å². The van der Waals surface area contributed by atoms with Gasteiger partial charge in [0.15, 0.2) is 0 Å². The molecule has 0 bridgehead atoms. The van der Waals surface area contributed by atoms with Crippen molar-refractivity contribution in [3.63, 3.8) is 0 Å². The highest BCUT2D eigenvalue weighted by atomic mass is 16.5. The second kappa shape index (κ2) is 5.29. The van der Waals surface area contributed by atoms with Crippen molar-refractivity contribution in [2.24, 2.45) is 0 Å². The molecule has 0 N–H and O–H groups in total. The summed E-state index contributed by atoms with van der Waals surface area (Å²) >= 11 is 0. The van der Waals surface area contributed by atoms with Crippen molar-refractivity contribution in [3.8, 4) is 0 Å². The molecule has 1 atom stereocenters. The fourth-order valence-corrected chi connectivity index (χ4v) is 2.02. The minimum absolute atomic E-state index is 0.318. The molecule has 1 heterocycles. The fourth-order valence-electron chi connectivity index (χ4n) is 2.02. The monoisotopic (exact) mass is 205 g/mol. The van der Waals surface area contributed by atoms with Crippen molar-refractivity contribution in [1.29, 1.82) is 0 Å². The van der Waals surface area contributed by atoms with E-state index in [1.807, 2.05) is 6.07 Å². The van der Waals surface area contributed by atoms with Gasteiger partial charge < -0.3 is 4.74 Å². The lowest BCUT2D eigenvalue weighted by Gasteiger charge is -2.32. The first-order chi connectivity index (χ1) is 7.36. The van der Waals surface area contributed by atoms with Crippen LogP contribution in [-0.2, 0) is 11.3 Å². The summed E-state index contributed by atoms with van der Waals surface area (Å²) in [5.41, 5.74) is 1.26. The zero-order chi connectivity index (χ0) is 10.5. The maximum atomic E-state index is 5.91. The summed E-state index contributed by atoms with van der Waals surface area (Å²) in [4.78, 5) is 2.31. The van der Waals surface area contributed by atoms with Crippen molar-refractivity contribution in [3.05, 3.63) is 35.9 Å². The highest BCUT2D eigenvalue weighted by Gasteiger charge is 2.18. The fraction of sp³-hybridized carbons (Fsp3) is 0.538. The van der Waals surface area contributed by atoms with Crippen molar-refractivity contribution in [2.45, 2.75) is 32.1 Å². The van der Waals surface area contributed by atoms with Crippen molar-refractivity contribution >= 4 is 0 Å². The highest BCUT2D eigenvalue weighted by Crippen LogP contribution is 2.17. The molecule has 1 aromatic carbocycles. The molecule has 1 aromatic rings. The van der Waals surface area contributed by atoms with Gasteiger partial charge in [-0.25, -0.2) is 0 Å². The topological polar surface area (TPSA) is 12.5 Å². The van der Waals surface area contributed by atoms with E-state index < -0.39 is 0 Å². The van der Waals surface area contributed by atoms with E-state index in [0.717, 1.165) is 6.61 Å². The van der Waals surface area contributed by atoms with E-state index in [1.54, 1.807) is 0 Å². The first-order valence-corrected chi connectivity index (χ1v) is 5.72. The molecule has 2 nitrogen and oxygen atoms in total. The lowest BCUT2D eigenvalue weighted by Crippen LogP contribution is -2.37. The Morgan fingerprint density at radius 2 is 2.07 bits per heavy atom. The Labute approximate surface area is 91.9 Å². The van der Waals surface area contributed by atoms with Gasteiger partial charge in [0.05, 0.1) is 6.61 Å². The quantitative estimate of drug-likeness (QED) is 0.752. The third-order valence-electron chi connectivity index (χ3n) is 2.99. The third kappa shape index (κ3) is 3.05. The lowest BCUT2D eigenvalue weighted by atomic mass is 10.1. The molecule has 1 fully saturated rings. The molecule has 15 heavy (non-hydrogen) atoms. The zero-order valence-corrected chi connectivity index (χ0v) is 9.36. The van der Waals surface area contributed by atoms with Gasteiger partial charge in [0, 0.05) is 6.54 Å². The van der Waals surface area contributed by atoms with E-state index in [2.05, 4.69) is 36.2 Å². The predicted octanol–water partition coefficient (Wildman–Crippen LogP) is 2.65. The van der Waals surface area contributed by atoms with Crippen LogP contribution in [0.25, 0.3) is 0 Å². The Bertz CT molecular complexity index is 286. The van der Waals surface area contributed by atoms with Crippen LogP contribution in [0.15, 0.2) is 30.3 Å². The molecule has 0 spiro atoms. The van der Waals surface area contributed by atoms with Crippen molar-refractivity contribution < 1.29 is 4.74 Å². The molecule has 2 rings (SSSR count). The van der Waals surface area contributed by atoms with Gasteiger partial charge in [-0.05, 0) is 31.9 Å². The van der Waals surface area contributed by atoms with E-state index >= 15 is 0 Å². The number of nitrogens with zero attached hydrogens (tertiary/aromatic N) is 1. The first kappa shape index (κ1) is 10.7. The van der Waals surface area contributed by atoms with E-state index in [1.165, 1.54) is 31.4 Å². The number of ether oxygens (including phenoxy) is 1. The molecule has 0 aliphatic carbocycles. The smallest absolute Gasteiger partial charge is 0.110 e. The number of piperidine rings is 1. The van der Waals surface area contributed by atoms with Crippen LogP contribution in [0.4, 0.5) is 0 Å². The van der Waals surface area contributed by atoms with Gasteiger partial charge in [0.25, 0.3) is 0 Å². The Hall–Kier alpha value is -0.860. The van der Waals surface area contributed by atoms with Crippen molar-refractivity contribution in [1.82, 2.24) is 4.90 Å². The van der Waals surface area contributed by atoms with Gasteiger partial charge in [-0.1, -0.05) is 30.3 Å². The first-order valence-electron chi connectivity index (χ1n) is 5.72. The molecule has 0 amide bonds. The van der Waals surface area contributed by atoms with Gasteiger partial charge >= 0.3 is 0 Å². The molecule has 0 aromatic heterocycles. The van der Waals surface area contributed by atoms with Crippen LogP contribution in [0.2, 0.25) is 0 Å². The Kier molecular flexibility index (Phi) is 3.75. The maximum Gasteiger partial charge on any atom is 0.110 e. The van der Waals surface area contributed by atoms with Crippen LogP contribution in [0.3, 0.4) is 0 Å². The molecule has 0 saturated carbocycles. The molecule has 1 saturated heterocycles. The number of hydrogen-bond acceptors (Lipinski definition) is 2. The van der Waals surface area contributed by atoms with Crippen LogP contribution in [-0.4, -0.2) is 24.7 Å². The molecular weight excluding hydrogens is 186 g/mol. The lowest BCUT2D eigenvalue weighted by molar-refractivity contribution is -0.0761. The van der Waals surface area contributed by atoms with Gasteiger partial charge in [-0.15, -0.1) is 0 Å². The summed E-state index contributed by atoms with van der Waals surface area (Å²) in [5, 5.41) is 0. The normalized spacial score (nSPS) is 22.9. The van der Waals surface area contributed by atoms with E-state index in [4.69, 9.17) is 4.74 Å². The molecule has 1 aliphatic rings. The summed E-state index contributed by atoms with van der Waals surface area (Å²) in [6.07, 6.45) is 4.09. The van der Waals surface area contributed by atoms with Gasteiger partial charge in [0.1, 0.15) is 6.23 Å². The predicted molar refractivity (Wildman–Crippen MR) is 61.5 cm³/mol. The largest absolute Gasteiger partial charge is 0.358 e. The van der Waals surface area contributed by atoms with E-state index in [9.17, 15) is 0 Å². The van der Waals surface area contributed by atoms with Crippen LogP contribution in [0, 0.1) is 0 Å². The van der Waals surface area contributed by atoms with Crippen molar-refractivity contribution in [2.75, 3.05) is 13.6 Å². The average molecular weight is 205 g/mol. The summed E-state index contributed by atoms with van der Waals surface area (Å²) in [6.45, 7) is 1.90. The summed E-state index contributed by atoms with van der Waals surface area (Å²) in [5.74, 6) is 0. The molecule has 1 aliphatic heterocycles. The molecule has 82 valence electrons. The van der Waals surface area contributed by atoms with Gasteiger partial charge in [-0.2, -0.15) is 0 Å². The zero-order valence-electron chi connectivity index (χ0n) is 9.36. The van der Waals surface area contributed by atoms with Gasteiger partial charge in [0.2, 0.25) is 0 Å². The summed E-state index contributed by atoms with van der Waals surface area (Å²) in [6, 6.07) is 10.4. The SMILES string of the molecule is CN1CCCCC1OCc1ccccc1. The Balaban J connectivity index is 1.82. The molecular formula is C13H19NO. The molecule has 0 radical (unpaired) electrons. The Morgan fingerprint density at radius 1 is 1.27 bits per heavy atom. The van der Waals surface area contributed by atoms with Crippen LogP contribution >= 0.6 is 0 Å². The second-order valence-electron chi connectivity index (χ2n) is 4.23. The summed E-state index contributed by atoms with van der Waals surface area (Å²) < 4.78 is 5.91. The number of benzene rings is 1. The van der Waals surface area contributed by atoms with E-state index in [-0.39, 0.29) is 0 Å². The standard InChI is InChI=1S/C13H19NO/c1-14-10-6-5-9-13(14)15-11-12-7-3-2-4-8-12/h2-4,7-8,13H,5-6,9-11H2,1H3. The second-order valence-corrected chi connectivity index (χ2v) is 4.23. The van der Waals surface area contributed by atoms with Crippen LogP contribution in [0.1, 0.15) is 24.8 Å². The number of rotatable bonds is 3. The Morgan fingerprint density at radius 3 is 2.80 bits per heavy atom. The molecule has 1 unspecified atom stereocenters. The third-order valence-corrected chi connectivity index (χ3v) is 2.99. The highest BCUT2D eigenvalue weighted by molar-refractivity contribution is 5.13. The minimum Gasteiger partial charge on any atom is -0.358 e. The van der Waals surface area contributed by atoms with E-state index in [0.29, 0.717) is 6.23 Å². The minimum atomic E-state index is 0.318. The van der Waals surface area contributed by atoms with Gasteiger partial charge in [-0.3, -0.25) is 4.90 Å². The number of hydrogen-bond donors (Lipinski definition) is 0. The number of likely N-dealkylation sites (tertiary alicyclic amines) is 1. The van der Waals surface area contributed by atoms with Crippen LogP contribution < -0.4 is 0 Å². The maximum absolute atomic E-state index is 5.91. The molecule has 2 heteroatoms. The average Bonchev–Trinajstić information content (AvgIpc) is 2.29.